The predicted molar refractivity (Wildman–Crippen MR) is 125 cm³/mol. The number of benzene rings is 2. The van der Waals surface area contributed by atoms with E-state index in [4.69, 9.17) is 9.72 Å². The van der Waals surface area contributed by atoms with Crippen LogP contribution in [0.4, 0.5) is 0 Å². The van der Waals surface area contributed by atoms with Crippen molar-refractivity contribution >= 4 is 21.8 Å². The monoisotopic (exact) mass is 410 g/mol. The van der Waals surface area contributed by atoms with Gasteiger partial charge in [-0.3, -0.25) is 0 Å². The fraction of sp³-hybridized carbons (Fsp3) is 0.231. The smallest absolute Gasteiger partial charge is 0.132 e. The average molecular weight is 411 g/mol. The molecular formula is C26H26N4O. The molecule has 0 aliphatic rings. The molecule has 5 rings (SSSR count). The van der Waals surface area contributed by atoms with Crippen molar-refractivity contribution in [1.82, 2.24) is 19.9 Å². The summed E-state index contributed by atoms with van der Waals surface area (Å²) in [4.78, 5) is 16.0. The Morgan fingerprint density at radius 3 is 2.77 bits per heavy atom. The van der Waals surface area contributed by atoms with Gasteiger partial charge in [0.25, 0.3) is 0 Å². The van der Waals surface area contributed by atoms with E-state index >= 15 is 0 Å². The number of hydrogen-bond donors (Lipinski definition) is 2. The topological polar surface area (TPSA) is 66.6 Å². The van der Waals surface area contributed by atoms with Gasteiger partial charge in [0.2, 0.25) is 0 Å². The second-order valence-electron chi connectivity index (χ2n) is 8.09. The number of methoxy groups -OCH3 is 1. The van der Waals surface area contributed by atoms with E-state index < -0.39 is 0 Å². The van der Waals surface area contributed by atoms with Crippen molar-refractivity contribution < 1.29 is 4.74 Å². The second kappa shape index (κ2) is 8.26. The number of hydrogen-bond acceptors (Lipinski definition) is 3. The lowest BCUT2D eigenvalue weighted by Crippen LogP contribution is -2.01. The summed E-state index contributed by atoms with van der Waals surface area (Å²) in [5, 5.41) is 2.47. The van der Waals surface area contributed by atoms with Gasteiger partial charge < -0.3 is 14.7 Å². The van der Waals surface area contributed by atoms with Crippen LogP contribution in [0.1, 0.15) is 34.8 Å². The molecule has 3 heterocycles. The minimum atomic E-state index is 0.746. The molecular weight excluding hydrogens is 384 g/mol. The fourth-order valence-electron chi connectivity index (χ4n) is 4.24. The maximum Gasteiger partial charge on any atom is 0.132 e. The first-order valence-electron chi connectivity index (χ1n) is 10.7. The zero-order chi connectivity index (χ0) is 21.2. The molecule has 5 aromatic rings. The molecule has 0 atom stereocenters. The summed E-state index contributed by atoms with van der Waals surface area (Å²) >= 11 is 0. The molecule has 31 heavy (non-hydrogen) atoms. The molecule has 0 fully saturated rings. The first kappa shape index (κ1) is 19.4. The van der Waals surface area contributed by atoms with Gasteiger partial charge in [-0.2, -0.15) is 0 Å². The lowest BCUT2D eigenvalue weighted by atomic mass is 10.1. The van der Waals surface area contributed by atoms with Gasteiger partial charge in [-0.05, 0) is 85.2 Å². The summed E-state index contributed by atoms with van der Waals surface area (Å²) in [7, 11) is 1.71. The van der Waals surface area contributed by atoms with E-state index in [9.17, 15) is 0 Å². The number of fused-ring (bicyclic) bond motifs is 2. The number of nitrogens with one attached hydrogen (secondary N) is 2. The number of aromatic nitrogens is 4. The molecule has 0 unspecified atom stereocenters. The van der Waals surface area contributed by atoms with Crippen LogP contribution >= 0.6 is 0 Å². The van der Waals surface area contributed by atoms with Crippen LogP contribution < -0.4 is 4.74 Å². The largest absolute Gasteiger partial charge is 0.497 e. The molecule has 0 aliphatic carbocycles. The maximum atomic E-state index is 5.37. The highest BCUT2D eigenvalue weighted by atomic mass is 16.5. The van der Waals surface area contributed by atoms with Crippen LogP contribution in [-0.2, 0) is 19.3 Å². The molecule has 0 saturated heterocycles. The minimum Gasteiger partial charge on any atom is -0.497 e. The molecule has 3 aromatic heterocycles. The van der Waals surface area contributed by atoms with Gasteiger partial charge in [0.15, 0.2) is 0 Å². The highest BCUT2D eigenvalue weighted by Crippen LogP contribution is 2.25. The molecule has 0 spiro atoms. The van der Waals surface area contributed by atoms with Crippen LogP contribution in [0.25, 0.3) is 21.8 Å². The van der Waals surface area contributed by atoms with E-state index in [0.29, 0.717) is 0 Å². The Morgan fingerprint density at radius 2 is 1.87 bits per heavy atom. The van der Waals surface area contributed by atoms with Crippen molar-refractivity contribution in [3.63, 3.8) is 0 Å². The second-order valence-corrected chi connectivity index (χ2v) is 8.09. The molecule has 5 nitrogen and oxygen atoms in total. The van der Waals surface area contributed by atoms with Gasteiger partial charge in [0.05, 0.1) is 7.11 Å². The van der Waals surface area contributed by atoms with Crippen LogP contribution in [0, 0.1) is 6.92 Å². The zero-order valence-corrected chi connectivity index (χ0v) is 17.9. The fourth-order valence-corrected chi connectivity index (χ4v) is 4.24. The molecule has 0 bridgehead atoms. The summed E-state index contributed by atoms with van der Waals surface area (Å²) in [5.41, 5.74) is 7.15. The number of rotatable bonds is 7. The lowest BCUT2D eigenvalue weighted by molar-refractivity contribution is 0.415. The summed E-state index contributed by atoms with van der Waals surface area (Å²) in [6.45, 7) is 2.08. The molecule has 2 aromatic carbocycles. The van der Waals surface area contributed by atoms with Crippen LogP contribution in [0.5, 0.6) is 5.75 Å². The number of ether oxygens (including phenoxy) is 1. The summed E-state index contributed by atoms with van der Waals surface area (Å²) in [6, 6.07) is 16.9. The summed E-state index contributed by atoms with van der Waals surface area (Å²) in [6.07, 6.45) is 7.70. The van der Waals surface area contributed by atoms with Gasteiger partial charge in [-0.1, -0.05) is 6.07 Å². The lowest BCUT2D eigenvalue weighted by Gasteiger charge is -2.05. The van der Waals surface area contributed by atoms with E-state index in [0.717, 1.165) is 48.5 Å². The van der Waals surface area contributed by atoms with Crippen molar-refractivity contribution in [2.24, 2.45) is 0 Å². The Hall–Kier alpha value is -3.60. The normalized spacial score (nSPS) is 11.4. The van der Waals surface area contributed by atoms with E-state index in [1.807, 2.05) is 18.3 Å². The Morgan fingerprint density at radius 1 is 0.968 bits per heavy atom. The van der Waals surface area contributed by atoms with Crippen molar-refractivity contribution in [1.29, 1.82) is 0 Å². The standard InChI is InChI=1S/C26H26N4O/c1-17-12-20-13-18(6-8-24(20)29-17)14-26-27-11-10-21(30-26)5-3-4-19-16-28-25-9-7-22(31-2)15-23(19)25/h6-13,15-16,28-29H,3-5,14H2,1-2H3. The number of aryl methyl sites for hydroxylation is 3. The minimum absolute atomic E-state index is 0.746. The molecule has 0 aliphatic heterocycles. The zero-order valence-electron chi connectivity index (χ0n) is 17.9. The van der Waals surface area contributed by atoms with Gasteiger partial charge in [-0.25, -0.2) is 9.97 Å². The third kappa shape index (κ3) is 4.17. The first-order valence-corrected chi connectivity index (χ1v) is 10.7. The molecule has 0 saturated carbocycles. The van der Waals surface area contributed by atoms with Crippen LogP contribution in [0.2, 0.25) is 0 Å². The Kier molecular flexibility index (Phi) is 5.16. The molecule has 0 radical (unpaired) electrons. The van der Waals surface area contributed by atoms with Crippen LogP contribution in [0.15, 0.2) is 60.9 Å². The van der Waals surface area contributed by atoms with Crippen molar-refractivity contribution in [2.45, 2.75) is 32.6 Å². The quantitative estimate of drug-likeness (QED) is 0.371. The molecule has 156 valence electrons. The Labute approximate surface area is 181 Å². The average Bonchev–Trinajstić information content (AvgIpc) is 3.35. The first-order chi connectivity index (χ1) is 15.2. The molecule has 0 amide bonds. The molecule has 5 heteroatoms. The SMILES string of the molecule is COc1ccc2[nH]cc(CCCc3ccnc(Cc4ccc5[nH]c(C)cc5c4)n3)c2c1. The highest BCUT2D eigenvalue weighted by Gasteiger charge is 2.07. The van der Waals surface area contributed by atoms with Crippen LogP contribution in [-0.4, -0.2) is 27.0 Å². The predicted octanol–water partition coefficient (Wildman–Crippen LogP) is 5.52. The number of H-pyrrole nitrogens is 2. The van der Waals surface area contributed by atoms with Gasteiger partial charge in [-0.15, -0.1) is 0 Å². The van der Waals surface area contributed by atoms with Gasteiger partial charge in [0.1, 0.15) is 11.6 Å². The number of nitrogens with zero attached hydrogens (tertiary/aromatic N) is 2. The van der Waals surface area contributed by atoms with Crippen molar-refractivity contribution in [2.75, 3.05) is 7.11 Å². The van der Waals surface area contributed by atoms with Gasteiger partial charge in [0, 0.05) is 46.6 Å². The van der Waals surface area contributed by atoms with Crippen molar-refractivity contribution in [3.8, 4) is 5.75 Å². The van der Waals surface area contributed by atoms with Gasteiger partial charge >= 0.3 is 0 Å². The van der Waals surface area contributed by atoms with E-state index in [1.165, 1.54) is 33.1 Å². The highest BCUT2D eigenvalue weighted by molar-refractivity contribution is 5.84. The number of aromatic amines is 2. The molecule has 2 N–H and O–H groups in total. The van der Waals surface area contributed by atoms with E-state index in [2.05, 4.69) is 64.5 Å². The third-order valence-corrected chi connectivity index (χ3v) is 5.80. The third-order valence-electron chi connectivity index (χ3n) is 5.80. The Balaban J connectivity index is 1.25. The van der Waals surface area contributed by atoms with Crippen LogP contribution in [0.3, 0.4) is 0 Å². The summed E-state index contributed by atoms with van der Waals surface area (Å²) < 4.78 is 5.37. The van der Waals surface area contributed by atoms with Crippen molar-refractivity contribution in [3.05, 3.63) is 89.3 Å². The maximum absolute atomic E-state index is 5.37. The van der Waals surface area contributed by atoms with E-state index in [1.54, 1.807) is 7.11 Å². The van der Waals surface area contributed by atoms with E-state index in [-0.39, 0.29) is 0 Å². The Bertz CT molecular complexity index is 1350. The summed E-state index contributed by atoms with van der Waals surface area (Å²) in [5.74, 6) is 1.77.